The number of aryl methyl sites for hydroxylation is 1. The minimum absolute atomic E-state index is 0.188. The van der Waals surface area contributed by atoms with Gasteiger partial charge in [-0.1, -0.05) is 13.3 Å². The average molecular weight is 210 g/mol. The van der Waals surface area contributed by atoms with Crippen LogP contribution in [0.25, 0.3) is 11.2 Å². The second kappa shape index (κ2) is 3.80. The van der Waals surface area contributed by atoms with Crippen LogP contribution in [-0.4, -0.2) is 19.5 Å². The van der Waals surface area contributed by atoms with Gasteiger partial charge in [0.05, 0.1) is 6.33 Å². The largest absolute Gasteiger partial charge is 0.315 e. The number of hydrogen-bond acceptors (Lipinski definition) is 3. The molecule has 0 spiro atoms. The number of nitrogens with one attached hydrogen (secondary N) is 1. The second-order valence-electron chi connectivity index (χ2n) is 3.32. The molecule has 0 aliphatic heterocycles. The first-order valence-corrected chi connectivity index (χ1v) is 4.83. The molecule has 0 atom stereocenters. The van der Waals surface area contributed by atoms with E-state index < -0.39 is 11.6 Å². The number of fused-ring (bicyclic) bond motifs is 1. The lowest BCUT2D eigenvalue weighted by Gasteiger charge is -2.00. The maximum atomic E-state index is 12.9. The quantitative estimate of drug-likeness (QED) is 0.770. The van der Waals surface area contributed by atoms with Gasteiger partial charge in [0.25, 0.3) is 11.6 Å². The molecule has 1 N–H and O–H groups in total. The Morgan fingerprint density at radius 1 is 1.60 bits per heavy atom. The zero-order valence-corrected chi connectivity index (χ0v) is 8.33. The molecule has 6 heteroatoms. The number of hydrogen-bond donors (Lipinski definition) is 1. The van der Waals surface area contributed by atoms with Crippen molar-refractivity contribution < 1.29 is 4.39 Å². The van der Waals surface area contributed by atoms with Gasteiger partial charge >= 0.3 is 0 Å². The summed E-state index contributed by atoms with van der Waals surface area (Å²) >= 11 is 0. The van der Waals surface area contributed by atoms with Crippen molar-refractivity contribution in [1.82, 2.24) is 19.5 Å². The minimum Gasteiger partial charge on any atom is -0.315 e. The Morgan fingerprint density at radius 2 is 2.40 bits per heavy atom. The molecular weight excluding hydrogens is 199 g/mol. The molecular formula is C9H11FN4O. The summed E-state index contributed by atoms with van der Waals surface area (Å²) < 4.78 is 14.6. The van der Waals surface area contributed by atoms with Gasteiger partial charge in [0.1, 0.15) is 0 Å². The Balaban J connectivity index is 2.53. The summed E-state index contributed by atoms with van der Waals surface area (Å²) in [4.78, 5) is 20.8. The van der Waals surface area contributed by atoms with Crippen LogP contribution < -0.4 is 5.56 Å². The second-order valence-corrected chi connectivity index (χ2v) is 3.32. The molecule has 2 heterocycles. The molecule has 0 radical (unpaired) electrons. The van der Waals surface area contributed by atoms with Gasteiger partial charge in [-0.15, -0.1) is 0 Å². The van der Waals surface area contributed by atoms with Crippen LogP contribution in [0.5, 0.6) is 0 Å². The Bertz CT molecular complexity index is 530. The van der Waals surface area contributed by atoms with Crippen molar-refractivity contribution in [2.24, 2.45) is 0 Å². The molecule has 0 amide bonds. The Labute approximate surface area is 85.0 Å². The predicted molar refractivity (Wildman–Crippen MR) is 53.0 cm³/mol. The third-order valence-electron chi connectivity index (χ3n) is 2.20. The summed E-state index contributed by atoms with van der Waals surface area (Å²) in [7, 11) is 0. The van der Waals surface area contributed by atoms with Gasteiger partial charge in [0.15, 0.2) is 11.2 Å². The number of aromatic nitrogens is 4. The zero-order valence-electron chi connectivity index (χ0n) is 8.33. The van der Waals surface area contributed by atoms with Crippen LogP contribution in [0.4, 0.5) is 4.39 Å². The van der Waals surface area contributed by atoms with Gasteiger partial charge in [-0.05, 0) is 6.42 Å². The fourth-order valence-corrected chi connectivity index (χ4v) is 1.42. The molecule has 0 unspecified atom stereocenters. The molecule has 5 nitrogen and oxygen atoms in total. The highest BCUT2D eigenvalue weighted by molar-refractivity contribution is 5.68. The van der Waals surface area contributed by atoms with E-state index >= 15 is 0 Å². The molecule has 0 fully saturated rings. The lowest BCUT2D eigenvalue weighted by atomic mass is 10.3. The van der Waals surface area contributed by atoms with Gasteiger partial charge in [-0.25, -0.2) is 4.98 Å². The van der Waals surface area contributed by atoms with E-state index in [1.165, 1.54) is 6.33 Å². The first-order valence-electron chi connectivity index (χ1n) is 4.83. The van der Waals surface area contributed by atoms with E-state index in [1.807, 2.05) is 4.98 Å². The SMILES string of the molecule is CCCCn1cnc2c(=O)[nH]c(F)nc21. The van der Waals surface area contributed by atoms with Crippen molar-refractivity contribution in [3.8, 4) is 0 Å². The Morgan fingerprint density at radius 3 is 3.13 bits per heavy atom. The summed E-state index contributed by atoms with van der Waals surface area (Å²) in [6, 6.07) is 0. The van der Waals surface area contributed by atoms with Crippen molar-refractivity contribution in [1.29, 1.82) is 0 Å². The fourth-order valence-electron chi connectivity index (χ4n) is 1.42. The van der Waals surface area contributed by atoms with Crippen LogP contribution in [-0.2, 0) is 6.54 Å². The molecule has 15 heavy (non-hydrogen) atoms. The van der Waals surface area contributed by atoms with E-state index in [0.717, 1.165) is 12.8 Å². The smallest absolute Gasteiger partial charge is 0.291 e. The van der Waals surface area contributed by atoms with Crippen molar-refractivity contribution in [3.05, 3.63) is 22.8 Å². The van der Waals surface area contributed by atoms with E-state index in [4.69, 9.17) is 0 Å². The summed E-state index contributed by atoms with van der Waals surface area (Å²) in [5.74, 6) is 0. The maximum absolute atomic E-state index is 12.9. The summed E-state index contributed by atoms with van der Waals surface area (Å²) in [5.41, 5.74) is -0.0371. The van der Waals surface area contributed by atoms with Gasteiger partial charge < -0.3 is 4.57 Å². The third-order valence-corrected chi connectivity index (χ3v) is 2.20. The van der Waals surface area contributed by atoms with Crippen molar-refractivity contribution in [2.75, 3.05) is 0 Å². The third kappa shape index (κ3) is 1.74. The topological polar surface area (TPSA) is 63.6 Å². The number of H-pyrrole nitrogens is 1. The van der Waals surface area contributed by atoms with Crippen LogP contribution in [0.2, 0.25) is 0 Å². The summed E-state index contributed by atoms with van der Waals surface area (Å²) in [6.45, 7) is 2.75. The number of aromatic amines is 1. The first kappa shape index (κ1) is 9.82. The van der Waals surface area contributed by atoms with Crippen LogP contribution in [0.1, 0.15) is 19.8 Å². The van der Waals surface area contributed by atoms with Crippen molar-refractivity contribution in [2.45, 2.75) is 26.3 Å². The molecule has 0 aliphatic rings. The Hall–Kier alpha value is -1.72. The molecule has 2 aromatic heterocycles. The molecule has 2 rings (SSSR count). The van der Waals surface area contributed by atoms with Crippen LogP contribution >= 0.6 is 0 Å². The molecule has 0 saturated heterocycles. The Kier molecular flexibility index (Phi) is 2.49. The molecule has 0 aromatic carbocycles. The number of nitrogens with zero attached hydrogens (tertiary/aromatic N) is 3. The zero-order chi connectivity index (χ0) is 10.8. The van der Waals surface area contributed by atoms with Crippen LogP contribution in [0.15, 0.2) is 11.1 Å². The number of unbranched alkanes of at least 4 members (excludes halogenated alkanes) is 1. The lowest BCUT2D eigenvalue weighted by Crippen LogP contribution is -2.11. The van der Waals surface area contributed by atoms with Gasteiger partial charge in [0, 0.05) is 6.54 Å². The van der Waals surface area contributed by atoms with E-state index in [2.05, 4.69) is 16.9 Å². The highest BCUT2D eigenvalue weighted by atomic mass is 19.1. The van der Waals surface area contributed by atoms with E-state index in [1.54, 1.807) is 4.57 Å². The van der Waals surface area contributed by atoms with E-state index in [9.17, 15) is 9.18 Å². The monoisotopic (exact) mass is 210 g/mol. The van der Waals surface area contributed by atoms with E-state index in [-0.39, 0.29) is 5.52 Å². The average Bonchev–Trinajstić information content (AvgIpc) is 2.58. The molecule has 0 saturated carbocycles. The lowest BCUT2D eigenvalue weighted by molar-refractivity contribution is 0.535. The van der Waals surface area contributed by atoms with Gasteiger partial charge in [-0.2, -0.15) is 9.37 Å². The highest BCUT2D eigenvalue weighted by Gasteiger charge is 2.09. The molecule has 0 aliphatic carbocycles. The van der Waals surface area contributed by atoms with Crippen molar-refractivity contribution >= 4 is 11.2 Å². The van der Waals surface area contributed by atoms with Gasteiger partial charge in [0.2, 0.25) is 0 Å². The number of rotatable bonds is 3. The number of halogens is 1. The van der Waals surface area contributed by atoms with Crippen LogP contribution in [0.3, 0.4) is 0 Å². The number of imidazole rings is 1. The first-order chi connectivity index (χ1) is 7.22. The molecule has 0 bridgehead atoms. The molecule has 2 aromatic rings. The fraction of sp³-hybridized carbons (Fsp3) is 0.444. The summed E-state index contributed by atoms with van der Waals surface area (Å²) in [6.07, 6.45) is 2.61. The summed E-state index contributed by atoms with van der Waals surface area (Å²) in [5, 5.41) is 0. The normalized spacial score (nSPS) is 11.1. The maximum Gasteiger partial charge on any atom is 0.291 e. The minimum atomic E-state index is -0.870. The van der Waals surface area contributed by atoms with Gasteiger partial charge in [-0.3, -0.25) is 9.78 Å². The van der Waals surface area contributed by atoms with Crippen LogP contribution in [0, 0.1) is 6.08 Å². The van der Waals surface area contributed by atoms with E-state index in [0.29, 0.717) is 12.2 Å². The standard InChI is InChI=1S/C9H11FN4O/c1-2-3-4-14-5-11-6-7(14)12-9(10)13-8(6)15/h5H,2-4H2,1H3,(H,12,13,15). The predicted octanol–water partition coefficient (Wildman–Crippen LogP) is 1.06. The molecule has 80 valence electrons. The van der Waals surface area contributed by atoms with Crippen molar-refractivity contribution in [3.63, 3.8) is 0 Å². The highest BCUT2D eigenvalue weighted by Crippen LogP contribution is 2.06.